The SMILES string of the molecule is C=CN1C(N)=N[C@](C=C)(c2cc(NC(=O)c3ccc(O)cn3)ccc2F)CS1(=O)=O. The smallest absolute Gasteiger partial charge is 0.274 e. The molecule has 0 fully saturated rings. The van der Waals surface area contributed by atoms with E-state index in [0.717, 1.165) is 18.5 Å². The van der Waals surface area contributed by atoms with Crippen molar-refractivity contribution in [3.05, 3.63) is 79.0 Å². The number of pyridine rings is 1. The van der Waals surface area contributed by atoms with Crippen molar-refractivity contribution in [1.29, 1.82) is 0 Å². The van der Waals surface area contributed by atoms with Crippen molar-refractivity contribution < 1.29 is 22.7 Å². The summed E-state index contributed by atoms with van der Waals surface area (Å²) < 4.78 is 40.6. The molecule has 11 heteroatoms. The van der Waals surface area contributed by atoms with Crippen LogP contribution in [0.2, 0.25) is 0 Å². The summed E-state index contributed by atoms with van der Waals surface area (Å²) in [7, 11) is -3.99. The van der Waals surface area contributed by atoms with Crippen LogP contribution < -0.4 is 11.1 Å². The molecule has 4 N–H and O–H groups in total. The molecule has 2 aromatic rings. The Hall–Kier alpha value is -3.73. The molecule has 1 amide bonds. The number of benzene rings is 1. The van der Waals surface area contributed by atoms with Crippen LogP contribution in [0, 0.1) is 5.82 Å². The number of guanidine groups is 1. The van der Waals surface area contributed by atoms with E-state index in [0.29, 0.717) is 4.31 Å². The molecule has 0 saturated carbocycles. The molecule has 0 unspecified atom stereocenters. The van der Waals surface area contributed by atoms with Crippen LogP contribution in [-0.2, 0) is 15.6 Å². The van der Waals surface area contributed by atoms with Crippen LogP contribution in [0.3, 0.4) is 0 Å². The highest BCUT2D eigenvalue weighted by molar-refractivity contribution is 7.89. The molecular formula is C19H18FN5O4S. The van der Waals surface area contributed by atoms with Gasteiger partial charge in [0.05, 0.1) is 6.20 Å². The number of aliphatic imine (C=N–C) groups is 1. The van der Waals surface area contributed by atoms with Crippen molar-refractivity contribution in [1.82, 2.24) is 9.29 Å². The Morgan fingerprint density at radius 1 is 1.33 bits per heavy atom. The molecule has 2 heterocycles. The van der Waals surface area contributed by atoms with Gasteiger partial charge in [0.25, 0.3) is 5.91 Å². The van der Waals surface area contributed by atoms with Gasteiger partial charge in [-0.15, -0.1) is 6.58 Å². The van der Waals surface area contributed by atoms with E-state index < -0.39 is 39.0 Å². The van der Waals surface area contributed by atoms with Crippen LogP contribution in [0.15, 0.2) is 67.0 Å². The third kappa shape index (κ3) is 3.74. The predicted octanol–water partition coefficient (Wildman–Crippen LogP) is 1.66. The number of sulfonamides is 1. The molecule has 0 spiro atoms. The summed E-state index contributed by atoms with van der Waals surface area (Å²) in [5.41, 5.74) is 4.11. The first-order chi connectivity index (χ1) is 14.1. The number of carbonyl (C=O) groups is 1. The largest absolute Gasteiger partial charge is 0.506 e. The second kappa shape index (κ2) is 7.59. The lowest BCUT2D eigenvalue weighted by Crippen LogP contribution is -2.50. The summed E-state index contributed by atoms with van der Waals surface area (Å²) in [5, 5.41) is 11.8. The Balaban J connectivity index is 2.03. The highest BCUT2D eigenvalue weighted by Crippen LogP contribution is 2.36. The summed E-state index contributed by atoms with van der Waals surface area (Å²) in [6.07, 6.45) is 3.29. The number of nitrogens with zero attached hydrogens (tertiary/aromatic N) is 3. The van der Waals surface area contributed by atoms with Crippen LogP contribution in [-0.4, -0.2) is 40.4 Å². The Bertz CT molecular complexity index is 1160. The van der Waals surface area contributed by atoms with E-state index in [2.05, 4.69) is 28.5 Å². The van der Waals surface area contributed by atoms with E-state index in [4.69, 9.17) is 5.73 Å². The van der Waals surface area contributed by atoms with Crippen molar-refractivity contribution in [2.45, 2.75) is 5.54 Å². The average molecular weight is 431 g/mol. The zero-order valence-electron chi connectivity index (χ0n) is 15.6. The number of aromatic nitrogens is 1. The van der Waals surface area contributed by atoms with E-state index in [-0.39, 0.29) is 22.7 Å². The minimum absolute atomic E-state index is 0.0150. The van der Waals surface area contributed by atoms with Gasteiger partial charge in [-0.05, 0) is 30.3 Å². The Morgan fingerprint density at radius 2 is 2.07 bits per heavy atom. The predicted molar refractivity (Wildman–Crippen MR) is 110 cm³/mol. The van der Waals surface area contributed by atoms with Crippen LogP contribution in [0.5, 0.6) is 5.75 Å². The van der Waals surface area contributed by atoms with E-state index in [1.54, 1.807) is 0 Å². The van der Waals surface area contributed by atoms with Crippen LogP contribution in [0.1, 0.15) is 16.1 Å². The van der Waals surface area contributed by atoms with E-state index in [9.17, 15) is 22.7 Å². The second-order valence-electron chi connectivity index (χ2n) is 6.38. The zero-order valence-corrected chi connectivity index (χ0v) is 16.4. The molecule has 1 aliphatic heterocycles. The number of hydrogen-bond donors (Lipinski definition) is 3. The molecule has 0 radical (unpaired) electrons. The molecule has 1 atom stereocenters. The lowest BCUT2D eigenvalue weighted by atomic mass is 9.91. The van der Waals surface area contributed by atoms with Gasteiger partial charge >= 0.3 is 0 Å². The third-order valence-corrected chi connectivity index (χ3v) is 6.16. The molecule has 30 heavy (non-hydrogen) atoms. The lowest BCUT2D eigenvalue weighted by Gasteiger charge is -2.35. The Morgan fingerprint density at radius 3 is 2.63 bits per heavy atom. The first-order valence-electron chi connectivity index (χ1n) is 8.52. The van der Waals surface area contributed by atoms with Gasteiger partial charge in [0.15, 0.2) is 0 Å². The van der Waals surface area contributed by atoms with Gasteiger partial charge in [0.1, 0.15) is 28.6 Å². The maximum absolute atomic E-state index is 14.7. The monoisotopic (exact) mass is 431 g/mol. The topological polar surface area (TPSA) is 138 Å². The standard InChI is InChI=1S/C19H18FN5O4S/c1-3-19(11-30(28,29)25(4-2)18(21)24-19)14-9-12(5-7-15(14)20)23-17(27)16-8-6-13(26)10-22-16/h3-10,26H,1-2,11H2,(H2,21,24)(H,23,27)/t19-/m0/s1. The number of anilines is 1. The number of halogens is 1. The number of amides is 1. The number of rotatable bonds is 5. The molecule has 1 aliphatic rings. The minimum Gasteiger partial charge on any atom is -0.506 e. The molecule has 0 bridgehead atoms. The maximum Gasteiger partial charge on any atom is 0.274 e. The summed E-state index contributed by atoms with van der Waals surface area (Å²) in [6.45, 7) is 7.00. The van der Waals surface area contributed by atoms with Crippen molar-refractivity contribution in [3.63, 3.8) is 0 Å². The van der Waals surface area contributed by atoms with Gasteiger partial charge in [-0.2, -0.15) is 0 Å². The van der Waals surface area contributed by atoms with Crippen LogP contribution in [0.25, 0.3) is 0 Å². The van der Waals surface area contributed by atoms with Crippen molar-refractivity contribution >= 4 is 27.6 Å². The molecule has 156 valence electrons. The van der Waals surface area contributed by atoms with Gasteiger partial charge in [-0.3, -0.25) is 4.79 Å². The number of carbonyl (C=O) groups excluding carboxylic acids is 1. The van der Waals surface area contributed by atoms with Gasteiger partial charge in [-0.1, -0.05) is 12.7 Å². The van der Waals surface area contributed by atoms with Crippen LogP contribution >= 0.6 is 0 Å². The second-order valence-corrected chi connectivity index (χ2v) is 8.23. The highest BCUT2D eigenvalue weighted by atomic mass is 32.2. The van der Waals surface area contributed by atoms with Crippen molar-refractivity contribution in [3.8, 4) is 5.75 Å². The average Bonchev–Trinajstić information content (AvgIpc) is 2.68. The van der Waals surface area contributed by atoms with Gasteiger partial charge in [0.2, 0.25) is 16.0 Å². The Labute approximate surface area is 172 Å². The number of hydrogen-bond acceptors (Lipinski definition) is 7. The molecule has 1 aromatic heterocycles. The number of aromatic hydroxyl groups is 1. The summed E-state index contributed by atoms with van der Waals surface area (Å²) >= 11 is 0. The fourth-order valence-electron chi connectivity index (χ4n) is 2.99. The maximum atomic E-state index is 14.7. The van der Waals surface area contributed by atoms with Gasteiger partial charge in [-0.25, -0.2) is 27.1 Å². The molecule has 9 nitrogen and oxygen atoms in total. The molecule has 3 rings (SSSR count). The number of nitrogens with two attached hydrogens (primary N) is 1. The van der Waals surface area contributed by atoms with Gasteiger partial charge < -0.3 is 16.2 Å². The molecule has 0 aliphatic carbocycles. The minimum atomic E-state index is -3.99. The fraction of sp³-hybridized carbons (Fsp3) is 0.105. The zero-order chi connectivity index (χ0) is 22.1. The van der Waals surface area contributed by atoms with Gasteiger partial charge in [0, 0.05) is 17.5 Å². The Kier molecular flexibility index (Phi) is 5.31. The van der Waals surface area contributed by atoms with Crippen LogP contribution in [0.4, 0.5) is 10.1 Å². The fourth-order valence-corrected chi connectivity index (χ4v) is 4.57. The summed E-state index contributed by atoms with van der Waals surface area (Å²) in [4.78, 5) is 20.3. The van der Waals surface area contributed by atoms with E-state index in [1.165, 1.54) is 30.3 Å². The molecule has 1 aromatic carbocycles. The summed E-state index contributed by atoms with van der Waals surface area (Å²) in [6, 6.07) is 6.22. The first kappa shape index (κ1) is 21.0. The van der Waals surface area contributed by atoms with Crippen molar-refractivity contribution in [2.75, 3.05) is 11.1 Å². The van der Waals surface area contributed by atoms with E-state index in [1.807, 2.05) is 0 Å². The van der Waals surface area contributed by atoms with Crippen molar-refractivity contribution in [2.24, 2.45) is 10.7 Å². The summed E-state index contributed by atoms with van der Waals surface area (Å²) in [5.74, 6) is -2.50. The quantitative estimate of drug-likeness (QED) is 0.616. The normalized spacial score (nSPS) is 20.2. The first-order valence-corrected chi connectivity index (χ1v) is 10.1. The molecule has 0 saturated heterocycles. The highest BCUT2D eigenvalue weighted by Gasteiger charge is 2.43. The van der Waals surface area contributed by atoms with E-state index >= 15 is 0 Å². The lowest BCUT2D eigenvalue weighted by molar-refractivity contribution is 0.102. The third-order valence-electron chi connectivity index (χ3n) is 4.42. The molecular weight excluding hydrogens is 413 g/mol. The number of nitrogens with one attached hydrogen (secondary N) is 1.